The number of rotatable bonds is 3. The number of aromatic nitrogens is 2. The number of pyridine rings is 1. The van der Waals surface area contributed by atoms with Gasteiger partial charge in [0.1, 0.15) is 0 Å². The van der Waals surface area contributed by atoms with E-state index in [2.05, 4.69) is 9.98 Å². The summed E-state index contributed by atoms with van der Waals surface area (Å²) in [6, 6.07) is 10.5. The SMILES string of the molecule is Cn1c(-c2ccc(O)c(O)c2)csc1=NCc1ccccn1. The molecular formula is C16H15N3O2S. The van der Waals surface area contributed by atoms with Crippen molar-refractivity contribution in [2.24, 2.45) is 12.0 Å². The zero-order valence-electron chi connectivity index (χ0n) is 12.0. The zero-order valence-corrected chi connectivity index (χ0v) is 12.8. The van der Waals surface area contributed by atoms with Gasteiger partial charge in [-0.3, -0.25) is 9.98 Å². The highest BCUT2D eigenvalue weighted by molar-refractivity contribution is 7.07. The van der Waals surface area contributed by atoms with Gasteiger partial charge >= 0.3 is 0 Å². The molecule has 0 fully saturated rings. The molecule has 0 saturated carbocycles. The van der Waals surface area contributed by atoms with Crippen molar-refractivity contribution in [2.45, 2.75) is 6.54 Å². The van der Waals surface area contributed by atoms with E-state index in [0.717, 1.165) is 21.8 Å². The number of thiazole rings is 1. The lowest BCUT2D eigenvalue weighted by molar-refractivity contribution is 0.404. The molecule has 112 valence electrons. The minimum atomic E-state index is -0.129. The van der Waals surface area contributed by atoms with Crippen LogP contribution >= 0.6 is 11.3 Å². The molecule has 6 heteroatoms. The highest BCUT2D eigenvalue weighted by Gasteiger charge is 2.07. The normalized spacial score (nSPS) is 11.8. The van der Waals surface area contributed by atoms with E-state index in [-0.39, 0.29) is 11.5 Å². The van der Waals surface area contributed by atoms with E-state index in [1.165, 1.54) is 17.4 Å². The number of benzene rings is 1. The second-order valence-corrected chi connectivity index (χ2v) is 5.64. The molecule has 0 saturated heterocycles. The fourth-order valence-corrected chi connectivity index (χ4v) is 3.00. The fourth-order valence-electron chi connectivity index (χ4n) is 2.10. The van der Waals surface area contributed by atoms with Gasteiger partial charge in [-0.25, -0.2) is 0 Å². The summed E-state index contributed by atoms with van der Waals surface area (Å²) in [6.45, 7) is 0.523. The summed E-state index contributed by atoms with van der Waals surface area (Å²) >= 11 is 1.52. The monoisotopic (exact) mass is 313 g/mol. The predicted molar refractivity (Wildman–Crippen MR) is 85.6 cm³/mol. The summed E-state index contributed by atoms with van der Waals surface area (Å²) in [7, 11) is 1.92. The smallest absolute Gasteiger partial charge is 0.185 e. The Morgan fingerprint density at radius 1 is 1.18 bits per heavy atom. The molecule has 2 aromatic heterocycles. The molecule has 0 spiro atoms. The molecule has 0 aliphatic heterocycles. The van der Waals surface area contributed by atoms with Crippen LogP contribution in [-0.4, -0.2) is 19.8 Å². The Bertz CT molecular complexity index is 853. The first-order valence-electron chi connectivity index (χ1n) is 6.72. The molecule has 3 aromatic rings. The maximum absolute atomic E-state index is 9.62. The minimum absolute atomic E-state index is 0.123. The maximum Gasteiger partial charge on any atom is 0.185 e. The Labute approximate surface area is 131 Å². The maximum atomic E-state index is 9.62. The van der Waals surface area contributed by atoms with Crippen molar-refractivity contribution in [3.63, 3.8) is 0 Å². The minimum Gasteiger partial charge on any atom is -0.504 e. The number of phenols is 2. The summed E-state index contributed by atoms with van der Waals surface area (Å²) in [5, 5.41) is 21.0. The Morgan fingerprint density at radius 2 is 2.05 bits per heavy atom. The third-order valence-corrected chi connectivity index (χ3v) is 4.25. The lowest BCUT2D eigenvalue weighted by Crippen LogP contribution is -2.12. The number of hydrogen-bond acceptors (Lipinski definition) is 5. The van der Waals surface area contributed by atoms with Gasteiger partial charge in [-0.1, -0.05) is 6.07 Å². The van der Waals surface area contributed by atoms with E-state index in [9.17, 15) is 10.2 Å². The molecule has 0 atom stereocenters. The molecule has 2 N–H and O–H groups in total. The van der Waals surface area contributed by atoms with Gasteiger partial charge in [0.25, 0.3) is 0 Å². The van der Waals surface area contributed by atoms with E-state index >= 15 is 0 Å². The van der Waals surface area contributed by atoms with Crippen LogP contribution in [0.1, 0.15) is 5.69 Å². The molecule has 2 heterocycles. The van der Waals surface area contributed by atoms with Crippen molar-refractivity contribution >= 4 is 11.3 Å². The quantitative estimate of drug-likeness (QED) is 0.730. The summed E-state index contributed by atoms with van der Waals surface area (Å²) < 4.78 is 1.96. The highest BCUT2D eigenvalue weighted by atomic mass is 32.1. The average molecular weight is 313 g/mol. The summed E-state index contributed by atoms with van der Waals surface area (Å²) in [4.78, 5) is 9.69. The fraction of sp³-hybridized carbons (Fsp3) is 0.125. The molecule has 0 unspecified atom stereocenters. The number of hydrogen-bond donors (Lipinski definition) is 2. The third kappa shape index (κ3) is 2.87. The Hall–Kier alpha value is -2.60. The second-order valence-electron chi connectivity index (χ2n) is 4.80. The van der Waals surface area contributed by atoms with Crippen LogP contribution in [0.5, 0.6) is 11.5 Å². The number of phenolic OH excluding ortho intramolecular Hbond substituents is 2. The standard InChI is InChI=1S/C16H15N3O2S/c1-19-13(11-5-6-14(20)15(21)8-11)10-22-16(19)18-9-12-4-2-3-7-17-12/h2-8,10,20-21H,9H2,1H3. The zero-order chi connectivity index (χ0) is 15.5. The van der Waals surface area contributed by atoms with E-state index in [1.54, 1.807) is 18.3 Å². The van der Waals surface area contributed by atoms with Gasteiger partial charge in [0.15, 0.2) is 16.3 Å². The van der Waals surface area contributed by atoms with E-state index in [1.807, 2.05) is 35.2 Å². The van der Waals surface area contributed by atoms with Crippen molar-refractivity contribution < 1.29 is 10.2 Å². The summed E-state index contributed by atoms with van der Waals surface area (Å²) in [6.07, 6.45) is 1.75. The number of aromatic hydroxyl groups is 2. The van der Waals surface area contributed by atoms with Gasteiger partial charge in [0.05, 0.1) is 17.9 Å². The number of nitrogens with zero attached hydrogens (tertiary/aromatic N) is 3. The molecular weight excluding hydrogens is 298 g/mol. The molecule has 0 bridgehead atoms. The first kappa shape index (κ1) is 14.3. The Balaban J connectivity index is 1.93. The van der Waals surface area contributed by atoms with Crippen molar-refractivity contribution in [1.82, 2.24) is 9.55 Å². The lowest BCUT2D eigenvalue weighted by Gasteiger charge is -2.04. The Kier molecular flexibility index (Phi) is 3.93. The predicted octanol–water partition coefficient (Wildman–Crippen LogP) is 2.66. The van der Waals surface area contributed by atoms with Gasteiger partial charge in [0, 0.05) is 24.2 Å². The van der Waals surface area contributed by atoms with Crippen LogP contribution in [0.25, 0.3) is 11.3 Å². The molecule has 0 aliphatic rings. The molecule has 5 nitrogen and oxygen atoms in total. The molecule has 1 aromatic carbocycles. The first-order valence-corrected chi connectivity index (χ1v) is 7.60. The summed E-state index contributed by atoms with van der Waals surface area (Å²) in [5.41, 5.74) is 2.67. The van der Waals surface area contributed by atoms with Gasteiger partial charge in [-0.2, -0.15) is 0 Å². The second kappa shape index (κ2) is 6.03. The topological polar surface area (TPSA) is 70.6 Å². The van der Waals surface area contributed by atoms with Gasteiger partial charge < -0.3 is 14.8 Å². The van der Waals surface area contributed by atoms with E-state index < -0.39 is 0 Å². The third-order valence-electron chi connectivity index (χ3n) is 3.30. The van der Waals surface area contributed by atoms with Gasteiger partial charge in [0.2, 0.25) is 0 Å². The molecule has 0 aliphatic carbocycles. The molecule has 0 amide bonds. The average Bonchev–Trinajstić information content (AvgIpc) is 2.90. The van der Waals surface area contributed by atoms with Crippen LogP contribution in [0.15, 0.2) is 53.0 Å². The lowest BCUT2D eigenvalue weighted by atomic mass is 10.1. The van der Waals surface area contributed by atoms with Crippen LogP contribution in [0.3, 0.4) is 0 Å². The van der Waals surface area contributed by atoms with Crippen LogP contribution < -0.4 is 4.80 Å². The largest absolute Gasteiger partial charge is 0.504 e. The molecule has 22 heavy (non-hydrogen) atoms. The van der Waals surface area contributed by atoms with Crippen LogP contribution in [0.4, 0.5) is 0 Å². The Morgan fingerprint density at radius 3 is 2.77 bits per heavy atom. The van der Waals surface area contributed by atoms with Crippen molar-refractivity contribution in [1.29, 1.82) is 0 Å². The van der Waals surface area contributed by atoms with Crippen molar-refractivity contribution in [3.05, 3.63) is 58.5 Å². The van der Waals surface area contributed by atoms with Crippen LogP contribution in [0.2, 0.25) is 0 Å². The van der Waals surface area contributed by atoms with Crippen molar-refractivity contribution in [2.75, 3.05) is 0 Å². The molecule has 3 rings (SSSR count). The van der Waals surface area contributed by atoms with Gasteiger partial charge in [-0.15, -0.1) is 11.3 Å². The highest BCUT2D eigenvalue weighted by Crippen LogP contribution is 2.30. The van der Waals surface area contributed by atoms with Crippen LogP contribution in [0, 0.1) is 0 Å². The van der Waals surface area contributed by atoms with Crippen LogP contribution in [-0.2, 0) is 13.6 Å². The van der Waals surface area contributed by atoms with Crippen molar-refractivity contribution in [3.8, 4) is 22.8 Å². The van der Waals surface area contributed by atoms with E-state index in [0.29, 0.717) is 6.54 Å². The first-order chi connectivity index (χ1) is 10.6. The molecule has 0 radical (unpaired) electrons. The van der Waals surface area contributed by atoms with E-state index in [4.69, 9.17) is 0 Å². The summed E-state index contributed by atoms with van der Waals surface area (Å²) in [5.74, 6) is -0.252. The van der Waals surface area contributed by atoms with Gasteiger partial charge in [-0.05, 0) is 30.3 Å².